The molecule has 0 radical (unpaired) electrons. The van der Waals surface area contributed by atoms with E-state index in [1.54, 1.807) is 0 Å². The second kappa shape index (κ2) is 11.1. The van der Waals surface area contributed by atoms with Crippen LogP contribution in [-0.4, -0.2) is 0 Å². The molecule has 116 valence electrons. The monoisotopic (exact) mass is 478 g/mol. The van der Waals surface area contributed by atoms with Gasteiger partial charge < -0.3 is 34.0 Å². The molecule has 0 bridgehead atoms. The number of benzene rings is 3. The van der Waals surface area contributed by atoms with Crippen molar-refractivity contribution in [1.29, 1.82) is 0 Å². The number of hydrogen-bond donors (Lipinski definition) is 0. The summed E-state index contributed by atoms with van der Waals surface area (Å²) in [5.41, 5.74) is 0. The van der Waals surface area contributed by atoms with E-state index in [0.29, 0.717) is 0 Å². The molecule has 0 atom stereocenters. The molecule has 0 unspecified atom stereocenters. The summed E-state index contributed by atoms with van der Waals surface area (Å²) in [5.74, 6) is 0. The molecule has 0 amide bonds. The maximum absolute atomic E-state index is 2.23. The summed E-state index contributed by atoms with van der Waals surface area (Å²) in [4.78, 5) is 0. The second-order valence-electron chi connectivity index (χ2n) is 4.34. The first-order valence-corrected chi connectivity index (χ1v) is 7.74. The van der Waals surface area contributed by atoms with Gasteiger partial charge >= 0.3 is 16.5 Å². The van der Waals surface area contributed by atoms with Crippen LogP contribution in [0.15, 0.2) is 91.0 Å². The predicted molar refractivity (Wildman–Crippen MR) is 85.1 cm³/mol. The Morgan fingerprint density at radius 3 is 0.864 bits per heavy atom. The predicted octanol–water partition coefficient (Wildman–Crippen LogP) is -2.55. The molecule has 3 aromatic rings. The van der Waals surface area contributed by atoms with Crippen molar-refractivity contribution in [3.05, 3.63) is 91.0 Å². The van der Waals surface area contributed by atoms with Gasteiger partial charge in [-0.3, -0.25) is 0 Å². The smallest absolute Gasteiger partial charge is 1.00 e. The molecule has 0 spiro atoms. The first-order valence-electron chi connectivity index (χ1n) is 6.40. The Kier molecular flexibility index (Phi) is 10.9. The fourth-order valence-electron chi connectivity index (χ4n) is 2.18. The van der Waals surface area contributed by atoms with Crippen molar-refractivity contribution >= 4 is 23.8 Å². The Bertz CT molecular complexity index is 539. The Morgan fingerprint density at radius 1 is 0.409 bits per heavy atom. The first kappa shape index (κ1) is 21.5. The van der Waals surface area contributed by atoms with Crippen LogP contribution in [0.2, 0.25) is 0 Å². The zero-order chi connectivity index (χ0) is 12.9. The summed E-state index contributed by atoms with van der Waals surface area (Å²) in [6.45, 7) is 0. The summed E-state index contributed by atoms with van der Waals surface area (Å²) < 4.78 is 0. The van der Waals surface area contributed by atoms with Gasteiger partial charge in [0.1, 0.15) is 0 Å². The Balaban J connectivity index is 0.00000147. The van der Waals surface area contributed by atoms with Gasteiger partial charge in [0.2, 0.25) is 0 Å². The van der Waals surface area contributed by atoms with Crippen LogP contribution >= 0.6 is 7.92 Å². The average molecular weight is 481 g/mol. The zero-order valence-corrected chi connectivity index (χ0v) is 16.7. The van der Waals surface area contributed by atoms with Crippen molar-refractivity contribution in [1.82, 2.24) is 0 Å². The van der Waals surface area contributed by atoms with Gasteiger partial charge in [-0.2, -0.15) is 0 Å². The van der Waals surface area contributed by atoms with E-state index in [1.165, 1.54) is 15.9 Å². The fourth-order valence-corrected chi connectivity index (χ4v) is 4.48. The molecule has 0 saturated carbocycles. The third-order valence-electron chi connectivity index (χ3n) is 3.04. The molecule has 0 aliphatic heterocycles. The quantitative estimate of drug-likeness (QED) is 0.286. The Morgan fingerprint density at radius 2 is 0.636 bits per heavy atom. The largest absolute Gasteiger partial charge is 2.00 e. The van der Waals surface area contributed by atoms with E-state index >= 15 is 0 Å². The fraction of sp³-hybridized carbons (Fsp3) is 0. The van der Waals surface area contributed by atoms with E-state index in [1.807, 2.05) is 0 Å². The van der Waals surface area contributed by atoms with Crippen molar-refractivity contribution in [3.8, 4) is 0 Å². The van der Waals surface area contributed by atoms with Crippen molar-refractivity contribution < 1.29 is 50.5 Å². The van der Waals surface area contributed by atoms with E-state index in [-0.39, 0.29) is 50.5 Å². The summed E-state index contributed by atoms with van der Waals surface area (Å²) in [6, 6.07) is 32.3. The molecule has 0 aromatic heterocycles. The second-order valence-corrected chi connectivity index (χ2v) is 6.56. The molecule has 22 heavy (non-hydrogen) atoms. The molecule has 0 aliphatic rings. The molecule has 0 saturated heterocycles. The van der Waals surface area contributed by atoms with Crippen molar-refractivity contribution in [3.63, 3.8) is 0 Å². The first-order chi connectivity index (χ1) is 9.45. The molecular formula is C18H15Br2NiP. The number of hydrogen-bond acceptors (Lipinski definition) is 0. The van der Waals surface area contributed by atoms with E-state index < -0.39 is 7.92 Å². The van der Waals surface area contributed by atoms with Crippen LogP contribution in [0.3, 0.4) is 0 Å². The standard InChI is InChI=1S/C18H15P.2BrH.Ni/c1-4-10-16(11-5-1)19(17-12-6-2-7-13-17)18-14-8-3-9-15-18;;;/h1-15H;2*1H;/q;;;+2/p-2. The van der Waals surface area contributed by atoms with Gasteiger partial charge in [0, 0.05) is 0 Å². The van der Waals surface area contributed by atoms with Crippen LogP contribution in [0.5, 0.6) is 0 Å². The zero-order valence-electron chi connectivity index (χ0n) is 11.7. The van der Waals surface area contributed by atoms with Crippen LogP contribution in [0.4, 0.5) is 0 Å². The maximum Gasteiger partial charge on any atom is 2.00 e. The maximum atomic E-state index is 2.23. The van der Waals surface area contributed by atoms with Crippen LogP contribution in [0, 0.1) is 0 Å². The average Bonchev–Trinajstić information content (AvgIpc) is 2.51. The van der Waals surface area contributed by atoms with Gasteiger partial charge in [-0.15, -0.1) is 0 Å². The normalized spacial score (nSPS) is 9.14. The minimum absolute atomic E-state index is 0. The summed E-state index contributed by atoms with van der Waals surface area (Å²) in [6.07, 6.45) is 0. The van der Waals surface area contributed by atoms with Crippen molar-refractivity contribution in [2.45, 2.75) is 0 Å². The van der Waals surface area contributed by atoms with Gasteiger partial charge in [0.25, 0.3) is 0 Å². The third-order valence-corrected chi connectivity index (χ3v) is 5.49. The summed E-state index contributed by atoms with van der Waals surface area (Å²) >= 11 is 0. The Labute approximate surface area is 164 Å². The molecule has 0 nitrogen and oxygen atoms in total. The van der Waals surface area contributed by atoms with Crippen LogP contribution in [0.1, 0.15) is 0 Å². The van der Waals surface area contributed by atoms with Crippen molar-refractivity contribution in [2.24, 2.45) is 0 Å². The van der Waals surface area contributed by atoms with E-state index in [0.717, 1.165) is 0 Å². The molecule has 3 rings (SSSR count). The minimum atomic E-state index is -0.446. The third kappa shape index (κ3) is 5.32. The summed E-state index contributed by atoms with van der Waals surface area (Å²) in [7, 11) is -0.446. The van der Waals surface area contributed by atoms with Crippen LogP contribution in [-0.2, 0) is 16.5 Å². The molecule has 0 N–H and O–H groups in total. The molecular weight excluding hydrogens is 466 g/mol. The number of halogens is 2. The molecule has 3 aromatic carbocycles. The molecule has 4 heteroatoms. The van der Waals surface area contributed by atoms with E-state index in [2.05, 4.69) is 91.0 Å². The van der Waals surface area contributed by atoms with E-state index in [4.69, 9.17) is 0 Å². The summed E-state index contributed by atoms with van der Waals surface area (Å²) in [5, 5.41) is 4.19. The van der Waals surface area contributed by atoms with Gasteiger partial charge in [0.15, 0.2) is 0 Å². The topological polar surface area (TPSA) is 0 Å². The Hall–Kier alpha value is -0.456. The van der Waals surface area contributed by atoms with Gasteiger partial charge in [-0.05, 0) is 23.8 Å². The van der Waals surface area contributed by atoms with Crippen LogP contribution in [0.25, 0.3) is 0 Å². The van der Waals surface area contributed by atoms with Gasteiger partial charge in [-0.25, -0.2) is 0 Å². The number of rotatable bonds is 3. The molecule has 0 fully saturated rings. The van der Waals surface area contributed by atoms with Gasteiger partial charge in [0.05, 0.1) is 0 Å². The van der Waals surface area contributed by atoms with E-state index in [9.17, 15) is 0 Å². The van der Waals surface area contributed by atoms with Crippen molar-refractivity contribution in [2.75, 3.05) is 0 Å². The molecule has 0 heterocycles. The minimum Gasteiger partial charge on any atom is -1.00 e. The van der Waals surface area contributed by atoms with Crippen LogP contribution < -0.4 is 49.9 Å². The van der Waals surface area contributed by atoms with Gasteiger partial charge in [-0.1, -0.05) is 91.0 Å². The molecule has 0 aliphatic carbocycles. The SMILES string of the molecule is [Br-].[Br-].[Ni+2].c1ccc(P(c2ccccc2)c2ccccc2)cc1.